The quantitative estimate of drug-likeness (QED) is 0.684. The minimum Gasteiger partial charge on any atom is -0.339 e. The summed E-state index contributed by atoms with van der Waals surface area (Å²) in [5, 5.41) is 3.17. The molecule has 1 saturated heterocycles. The first-order valence-corrected chi connectivity index (χ1v) is 5.34. The van der Waals surface area contributed by atoms with E-state index in [1.807, 2.05) is 24.9 Å². The summed E-state index contributed by atoms with van der Waals surface area (Å²) in [5.74, 6) is 0.788. The van der Waals surface area contributed by atoms with Gasteiger partial charge in [0.05, 0.1) is 0 Å². The number of hydrogen-bond acceptors (Lipinski definition) is 2. The van der Waals surface area contributed by atoms with E-state index in [1.165, 1.54) is 6.42 Å². The lowest BCUT2D eigenvalue weighted by molar-refractivity contribution is -0.127. The van der Waals surface area contributed by atoms with Gasteiger partial charge >= 0.3 is 0 Å². The van der Waals surface area contributed by atoms with Crippen LogP contribution in [0.15, 0.2) is 12.2 Å². The van der Waals surface area contributed by atoms with Gasteiger partial charge in [-0.15, -0.1) is 0 Å². The first kappa shape index (κ1) is 11.2. The van der Waals surface area contributed by atoms with E-state index >= 15 is 0 Å². The third kappa shape index (κ3) is 3.14. The first-order chi connectivity index (χ1) is 6.77. The molecule has 1 atom stereocenters. The van der Waals surface area contributed by atoms with E-state index in [0.717, 1.165) is 26.1 Å². The van der Waals surface area contributed by atoms with E-state index < -0.39 is 0 Å². The van der Waals surface area contributed by atoms with Gasteiger partial charge in [-0.2, -0.15) is 0 Å². The number of carbonyl (C=O) groups excluding carboxylic acids is 1. The summed E-state index contributed by atoms with van der Waals surface area (Å²) in [6.07, 6.45) is 5.84. The summed E-state index contributed by atoms with van der Waals surface area (Å²) in [4.78, 5) is 13.5. The number of rotatable bonds is 3. The van der Waals surface area contributed by atoms with E-state index in [-0.39, 0.29) is 5.91 Å². The molecule has 0 radical (unpaired) electrons. The Hall–Kier alpha value is -0.830. The van der Waals surface area contributed by atoms with Crippen molar-refractivity contribution in [2.24, 2.45) is 5.92 Å². The van der Waals surface area contributed by atoms with Crippen molar-refractivity contribution < 1.29 is 4.79 Å². The van der Waals surface area contributed by atoms with Crippen molar-refractivity contribution in [1.29, 1.82) is 0 Å². The average Bonchev–Trinajstić information content (AvgIpc) is 2.19. The highest BCUT2D eigenvalue weighted by atomic mass is 16.2. The fourth-order valence-corrected chi connectivity index (χ4v) is 1.97. The standard InChI is InChI=1S/C11H20N2O/c1-3-5-11(14)13-7-4-6-10(9-13)8-12-2/h3,5,10,12H,4,6-9H2,1-2H3/b5-3+. The van der Waals surface area contributed by atoms with Crippen LogP contribution in [0.5, 0.6) is 0 Å². The van der Waals surface area contributed by atoms with Crippen molar-refractivity contribution >= 4 is 5.91 Å². The monoisotopic (exact) mass is 196 g/mol. The van der Waals surface area contributed by atoms with Crippen molar-refractivity contribution in [3.8, 4) is 0 Å². The molecule has 0 aromatic heterocycles. The number of carbonyl (C=O) groups is 1. The Balaban J connectivity index is 2.43. The molecule has 1 unspecified atom stereocenters. The fraction of sp³-hybridized carbons (Fsp3) is 0.727. The van der Waals surface area contributed by atoms with E-state index in [2.05, 4.69) is 5.32 Å². The second-order valence-electron chi connectivity index (χ2n) is 3.85. The van der Waals surface area contributed by atoms with Crippen LogP contribution in [0.2, 0.25) is 0 Å². The minimum absolute atomic E-state index is 0.160. The molecule has 0 bridgehead atoms. The van der Waals surface area contributed by atoms with Gasteiger partial charge < -0.3 is 10.2 Å². The van der Waals surface area contributed by atoms with Gasteiger partial charge in [-0.3, -0.25) is 4.79 Å². The van der Waals surface area contributed by atoms with Crippen LogP contribution in [0.3, 0.4) is 0 Å². The average molecular weight is 196 g/mol. The molecule has 1 aliphatic rings. The summed E-state index contributed by atoms with van der Waals surface area (Å²) in [6.45, 7) is 4.72. The maximum absolute atomic E-state index is 11.6. The van der Waals surface area contributed by atoms with E-state index in [4.69, 9.17) is 0 Å². The van der Waals surface area contributed by atoms with Gasteiger partial charge in [-0.05, 0) is 45.4 Å². The van der Waals surface area contributed by atoms with Crippen molar-refractivity contribution in [3.05, 3.63) is 12.2 Å². The third-order valence-corrected chi connectivity index (χ3v) is 2.63. The van der Waals surface area contributed by atoms with E-state index in [1.54, 1.807) is 6.08 Å². The lowest BCUT2D eigenvalue weighted by Crippen LogP contribution is -2.41. The molecular formula is C11H20N2O. The van der Waals surface area contributed by atoms with Crippen LogP contribution in [0.25, 0.3) is 0 Å². The lowest BCUT2D eigenvalue weighted by Gasteiger charge is -2.32. The van der Waals surface area contributed by atoms with Crippen LogP contribution in [-0.4, -0.2) is 37.5 Å². The molecule has 1 aliphatic heterocycles. The topological polar surface area (TPSA) is 32.3 Å². The molecule has 0 aromatic carbocycles. The molecule has 0 spiro atoms. The zero-order valence-electron chi connectivity index (χ0n) is 9.12. The maximum Gasteiger partial charge on any atom is 0.246 e. The normalized spacial score (nSPS) is 23.0. The Morgan fingerprint density at radius 1 is 1.64 bits per heavy atom. The molecule has 3 heteroatoms. The number of piperidine rings is 1. The van der Waals surface area contributed by atoms with Crippen LogP contribution in [0.4, 0.5) is 0 Å². The molecule has 1 heterocycles. The molecule has 0 aromatic rings. The number of hydrogen-bond donors (Lipinski definition) is 1. The van der Waals surface area contributed by atoms with Crippen LogP contribution < -0.4 is 5.32 Å². The van der Waals surface area contributed by atoms with Gasteiger partial charge in [-0.1, -0.05) is 6.08 Å². The molecule has 3 nitrogen and oxygen atoms in total. The molecular weight excluding hydrogens is 176 g/mol. The molecule has 1 fully saturated rings. The fourth-order valence-electron chi connectivity index (χ4n) is 1.97. The summed E-state index contributed by atoms with van der Waals surface area (Å²) in [6, 6.07) is 0. The second kappa shape index (κ2) is 5.81. The van der Waals surface area contributed by atoms with Gasteiger partial charge in [0.15, 0.2) is 0 Å². The number of nitrogens with zero attached hydrogens (tertiary/aromatic N) is 1. The molecule has 1 N–H and O–H groups in total. The highest BCUT2D eigenvalue weighted by Crippen LogP contribution is 2.15. The highest BCUT2D eigenvalue weighted by Gasteiger charge is 2.21. The largest absolute Gasteiger partial charge is 0.339 e. The molecule has 1 amide bonds. The SMILES string of the molecule is C/C=C/C(=O)N1CCCC(CNC)C1. The van der Waals surface area contributed by atoms with Crippen LogP contribution >= 0.6 is 0 Å². The van der Waals surface area contributed by atoms with Gasteiger partial charge in [0, 0.05) is 13.1 Å². The number of amides is 1. The Morgan fingerprint density at radius 3 is 3.07 bits per heavy atom. The Labute approximate surface area is 86.2 Å². The smallest absolute Gasteiger partial charge is 0.246 e. The summed E-state index contributed by atoms with van der Waals surface area (Å²) < 4.78 is 0. The molecule has 0 aliphatic carbocycles. The number of allylic oxidation sites excluding steroid dienone is 1. The number of nitrogens with one attached hydrogen (secondary N) is 1. The Kier molecular flexibility index (Phi) is 4.66. The third-order valence-electron chi connectivity index (χ3n) is 2.63. The molecule has 1 rings (SSSR count). The summed E-state index contributed by atoms with van der Waals surface area (Å²) in [7, 11) is 1.96. The lowest BCUT2D eigenvalue weighted by atomic mass is 9.98. The van der Waals surface area contributed by atoms with Crippen molar-refractivity contribution in [2.75, 3.05) is 26.7 Å². The molecule has 0 saturated carbocycles. The van der Waals surface area contributed by atoms with Crippen LogP contribution in [0.1, 0.15) is 19.8 Å². The predicted molar refractivity (Wildman–Crippen MR) is 58.0 cm³/mol. The maximum atomic E-state index is 11.6. The van der Waals surface area contributed by atoms with Gasteiger partial charge in [0.25, 0.3) is 0 Å². The summed E-state index contributed by atoms with van der Waals surface area (Å²) >= 11 is 0. The molecule has 14 heavy (non-hydrogen) atoms. The zero-order valence-corrected chi connectivity index (χ0v) is 9.12. The second-order valence-corrected chi connectivity index (χ2v) is 3.85. The predicted octanol–water partition coefficient (Wildman–Crippen LogP) is 1.02. The zero-order chi connectivity index (χ0) is 10.4. The van der Waals surface area contributed by atoms with Crippen LogP contribution in [0, 0.1) is 5.92 Å². The first-order valence-electron chi connectivity index (χ1n) is 5.34. The van der Waals surface area contributed by atoms with Crippen molar-refractivity contribution in [2.45, 2.75) is 19.8 Å². The Bertz CT molecular complexity index is 211. The van der Waals surface area contributed by atoms with Crippen molar-refractivity contribution in [3.63, 3.8) is 0 Å². The number of likely N-dealkylation sites (tertiary alicyclic amines) is 1. The minimum atomic E-state index is 0.160. The van der Waals surface area contributed by atoms with E-state index in [0.29, 0.717) is 5.92 Å². The van der Waals surface area contributed by atoms with Gasteiger partial charge in [0.2, 0.25) is 5.91 Å². The van der Waals surface area contributed by atoms with E-state index in [9.17, 15) is 4.79 Å². The van der Waals surface area contributed by atoms with Gasteiger partial charge in [0.1, 0.15) is 0 Å². The van der Waals surface area contributed by atoms with Gasteiger partial charge in [-0.25, -0.2) is 0 Å². The molecule has 80 valence electrons. The highest BCUT2D eigenvalue weighted by molar-refractivity contribution is 5.87. The Morgan fingerprint density at radius 2 is 2.43 bits per heavy atom. The van der Waals surface area contributed by atoms with Crippen molar-refractivity contribution in [1.82, 2.24) is 10.2 Å². The summed E-state index contributed by atoms with van der Waals surface area (Å²) in [5.41, 5.74) is 0. The van der Waals surface area contributed by atoms with Crippen LogP contribution in [-0.2, 0) is 4.79 Å².